The van der Waals surface area contributed by atoms with Crippen LogP contribution in [0.1, 0.15) is 31.2 Å². The van der Waals surface area contributed by atoms with Gasteiger partial charge in [-0.25, -0.2) is 4.39 Å². The van der Waals surface area contributed by atoms with Gasteiger partial charge in [-0.15, -0.1) is 0 Å². The minimum atomic E-state index is -0.217. The van der Waals surface area contributed by atoms with E-state index >= 15 is 0 Å². The van der Waals surface area contributed by atoms with Gasteiger partial charge >= 0.3 is 0 Å². The predicted octanol–water partition coefficient (Wildman–Crippen LogP) is 2.61. The van der Waals surface area contributed by atoms with Gasteiger partial charge in [-0.05, 0) is 62.4 Å². The van der Waals surface area contributed by atoms with E-state index in [1.807, 2.05) is 7.05 Å². The molecule has 0 bridgehead atoms. The quantitative estimate of drug-likeness (QED) is 0.874. The van der Waals surface area contributed by atoms with E-state index < -0.39 is 0 Å². The summed E-state index contributed by atoms with van der Waals surface area (Å²) in [5.41, 5.74) is 1.06. The molecule has 1 N–H and O–H groups in total. The Labute approximate surface area is 126 Å². The fourth-order valence-corrected chi connectivity index (χ4v) is 2.76. The number of halogens is 1. The zero-order chi connectivity index (χ0) is 15.1. The maximum absolute atomic E-state index is 12.8. The largest absolute Gasteiger partial charge is 0.345 e. The lowest BCUT2D eigenvalue weighted by Crippen LogP contribution is -2.31. The van der Waals surface area contributed by atoms with Crippen molar-refractivity contribution < 1.29 is 9.18 Å². The third-order valence-corrected chi connectivity index (χ3v) is 4.30. The van der Waals surface area contributed by atoms with Crippen LogP contribution in [0.4, 0.5) is 4.39 Å². The van der Waals surface area contributed by atoms with Crippen LogP contribution in [-0.2, 0) is 11.2 Å². The summed E-state index contributed by atoms with van der Waals surface area (Å²) in [6, 6.07) is 6.49. The Hall–Kier alpha value is -1.42. The van der Waals surface area contributed by atoms with Crippen LogP contribution in [0.25, 0.3) is 0 Å². The van der Waals surface area contributed by atoms with Crippen molar-refractivity contribution >= 4 is 5.91 Å². The highest BCUT2D eigenvalue weighted by Crippen LogP contribution is 2.18. The standard InChI is InChI=1S/C17H25FN2O/c1-20(13-10-14-2-5-16(18)6-3-14)17(21)7-4-15-8-11-19-12-9-15/h2-3,5-6,15,19H,4,7-13H2,1H3. The van der Waals surface area contributed by atoms with Crippen LogP contribution < -0.4 is 5.32 Å². The van der Waals surface area contributed by atoms with Crippen molar-refractivity contribution in [3.05, 3.63) is 35.6 Å². The summed E-state index contributed by atoms with van der Waals surface area (Å²) in [4.78, 5) is 13.9. The van der Waals surface area contributed by atoms with E-state index in [9.17, 15) is 9.18 Å². The maximum atomic E-state index is 12.8. The second-order valence-corrected chi connectivity index (χ2v) is 5.92. The van der Waals surface area contributed by atoms with Gasteiger partial charge in [0.25, 0.3) is 0 Å². The van der Waals surface area contributed by atoms with Gasteiger partial charge in [0.15, 0.2) is 0 Å². The first-order chi connectivity index (χ1) is 10.1. The predicted molar refractivity (Wildman–Crippen MR) is 82.6 cm³/mol. The van der Waals surface area contributed by atoms with Crippen molar-refractivity contribution in [2.75, 3.05) is 26.7 Å². The first kappa shape index (κ1) is 16.0. The highest BCUT2D eigenvalue weighted by Gasteiger charge is 2.16. The highest BCUT2D eigenvalue weighted by molar-refractivity contribution is 5.75. The topological polar surface area (TPSA) is 32.3 Å². The zero-order valence-corrected chi connectivity index (χ0v) is 12.8. The van der Waals surface area contributed by atoms with Gasteiger partial charge in [-0.3, -0.25) is 4.79 Å². The molecule has 1 aromatic rings. The first-order valence-corrected chi connectivity index (χ1v) is 7.84. The molecule has 1 fully saturated rings. The molecule has 1 saturated heterocycles. The SMILES string of the molecule is CN(CCc1ccc(F)cc1)C(=O)CCC1CCNCC1. The molecule has 0 radical (unpaired) electrons. The molecular weight excluding hydrogens is 267 g/mol. The number of carbonyl (C=O) groups is 1. The van der Waals surface area contributed by atoms with Crippen molar-refractivity contribution in [3.63, 3.8) is 0 Å². The van der Waals surface area contributed by atoms with Gasteiger partial charge in [0, 0.05) is 20.0 Å². The molecule has 4 heteroatoms. The van der Waals surface area contributed by atoms with Gasteiger partial charge in [-0.1, -0.05) is 12.1 Å². The number of hydrogen-bond acceptors (Lipinski definition) is 2. The second-order valence-electron chi connectivity index (χ2n) is 5.92. The summed E-state index contributed by atoms with van der Waals surface area (Å²) in [6.45, 7) is 2.86. The molecular formula is C17H25FN2O. The van der Waals surface area contributed by atoms with Gasteiger partial charge < -0.3 is 10.2 Å². The van der Waals surface area contributed by atoms with Crippen LogP contribution in [0.15, 0.2) is 24.3 Å². The van der Waals surface area contributed by atoms with Crippen molar-refractivity contribution in [1.82, 2.24) is 10.2 Å². The number of piperidine rings is 1. The third-order valence-electron chi connectivity index (χ3n) is 4.30. The Bertz CT molecular complexity index is 441. The molecule has 0 aliphatic carbocycles. The van der Waals surface area contributed by atoms with Gasteiger partial charge in [0.2, 0.25) is 5.91 Å². The van der Waals surface area contributed by atoms with E-state index in [1.165, 1.54) is 25.0 Å². The maximum Gasteiger partial charge on any atom is 0.222 e. The first-order valence-electron chi connectivity index (χ1n) is 7.84. The number of hydrogen-bond donors (Lipinski definition) is 1. The third kappa shape index (κ3) is 5.46. The van der Waals surface area contributed by atoms with Crippen molar-refractivity contribution in [3.8, 4) is 0 Å². The number of rotatable bonds is 6. The number of nitrogens with one attached hydrogen (secondary N) is 1. The van der Waals surface area contributed by atoms with E-state index in [-0.39, 0.29) is 11.7 Å². The lowest BCUT2D eigenvalue weighted by molar-refractivity contribution is -0.130. The summed E-state index contributed by atoms with van der Waals surface area (Å²) in [5, 5.41) is 3.35. The molecule has 0 saturated carbocycles. The van der Waals surface area contributed by atoms with Crippen LogP contribution in [0, 0.1) is 11.7 Å². The van der Waals surface area contributed by atoms with Crippen LogP contribution >= 0.6 is 0 Å². The second kappa shape index (κ2) is 8.13. The molecule has 1 heterocycles. The molecule has 0 aromatic heterocycles. The van der Waals surface area contributed by atoms with Crippen LogP contribution in [-0.4, -0.2) is 37.5 Å². The molecule has 1 aromatic carbocycles. The highest BCUT2D eigenvalue weighted by atomic mass is 19.1. The zero-order valence-electron chi connectivity index (χ0n) is 12.8. The Morgan fingerprint density at radius 2 is 1.95 bits per heavy atom. The average Bonchev–Trinajstić information content (AvgIpc) is 2.52. The lowest BCUT2D eigenvalue weighted by atomic mass is 9.93. The monoisotopic (exact) mass is 292 g/mol. The summed E-state index contributed by atoms with van der Waals surface area (Å²) in [6.07, 6.45) is 4.79. The number of benzene rings is 1. The average molecular weight is 292 g/mol. The van der Waals surface area contributed by atoms with Crippen LogP contribution in [0.5, 0.6) is 0 Å². The van der Waals surface area contributed by atoms with Gasteiger partial charge in [-0.2, -0.15) is 0 Å². The number of nitrogens with zero attached hydrogens (tertiary/aromatic N) is 1. The molecule has 116 valence electrons. The lowest BCUT2D eigenvalue weighted by Gasteiger charge is -2.23. The summed E-state index contributed by atoms with van der Waals surface area (Å²) < 4.78 is 12.8. The Morgan fingerprint density at radius 1 is 1.29 bits per heavy atom. The molecule has 21 heavy (non-hydrogen) atoms. The van der Waals surface area contributed by atoms with E-state index in [2.05, 4.69) is 5.32 Å². The van der Waals surface area contributed by atoms with E-state index in [0.717, 1.165) is 31.5 Å². The van der Waals surface area contributed by atoms with E-state index in [1.54, 1.807) is 17.0 Å². The molecule has 1 aliphatic heterocycles. The van der Waals surface area contributed by atoms with Crippen molar-refractivity contribution in [2.45, 2.75) is 32.1 Å². The molecule has 3 nitrogen and oxygen atoms in total. The normalized spacial score (nSPS) is 15.9. The summed E-state index contributed by atoms with van der Waals surface area (Å²) >= 11 is 0. The van der Waals surface area contributed by atoms with Gasteiger partial charge in [0.1, 0.15) is 5.82 Å². The minimum absolute atomic E-state index is 0.217. The number of carbonyl (C=O) groups excluding carboxylic acids is 1. The van der Waals surface area contributed by atoms with Gasteiger partial charge in [0.05, 0.1) is 0 Å². The minimum Gasteiger partial charge on any atom is -0.345 e. The van der Waals surface area contributed by atoms with Crippen molar-refractivity contribution in [2.24, 2.45) is 5.92 Å². The fraction of sp³-hybridized carbons (Fsp3) is 0.588. The molecule has 0 unspecified atom stereocenters. The fourth-order valence-electron chi connectivity index (χ4n) is 2.76. The van der Waals surface area contributed by atoms with Crippen molar-refractivity contribution in [1.29, 1.82) is 0 Å². The molecule has 2 rings (SSSR count). The Kier molecular flexibility index (Phi) is 6.18. The summed E-state index contributed by atoms with van der Waals surface area (Å²) in [7, 11) is 1.86. The molecule has 1 amide bonds. The van der Waals surface area contributed by atoms with Crippen LogP contribution in [0.3, 0.4) is 0 Å². The smallest absolute Gasteiger partial charge is 0.222 e. The molecule has 1 aliphatic rings. The van der Waals surface area contributed by atoms with E-state index in [4.69, 9.17) is 0 Å². The Balaban J connectivity index is 1.68. The molecule has 0 atom stereocenters. The van der Waals surface area contributed by atoms with E-state index in [0.29, 0.717) is 18.9 Å². The number of likely N-dealkylation sites (N-methyl/N-ethyl adjacent to an activating group) is 1. The Morgan fingerprint density at radius 3 is 2.62 bits per heavy atom. The summed E-state index contributed by atoms with van der Waals surface area (Å²) in [5.74, 6) is 0.696. The van der Waals surface area contributed by atoms with Crippen LogP contribution in [0.2, 0.25) is 0 Å². The number of amides is 1. The molecule has 0 spiro atoms.